The van der Waals surface area contributed by atoms with E-state index in [4.69, 9.17) is 4.74 Å². The van der Waals surface area contributed by atoms with Crippen molar-refractivity contribution in [1.29, 1.82) is 0 Å². The van der Waals surface area contributed by atoms with E-state index in [2.05, 4.69) is 31.1 Å². The molecule has 1 amide bonds. The maximum Gasteiger partial charge on any atom is 0.233 e. The van der Waals surface area contributed by atoms with Gasteiger partial charge in [0.05, 0.1) is 12.9 Å². The Kier molecular flexibility index (Phi) is 6.52. The first-order valence-electron chi connectivity index (χ1n) is 8.24. The molecule has 0 radical (unpaired) electrons. The SMILES string of the molecule is COc1ccc(-c2nc(SCC(=O)N(C)Cc3ccccc3Br)n[nH]2)cc1. The largest absolute Gasteiger partial charge is 0.497 e. The highest BCUT2D eigenvalue weighted by atomic mass is 79.9. The summed E-state index contributed by atoms with van der Waals surface area (Å²) in [7, 11) is 3.42. The average molecular weight is 447 g/mol. The van der Waals surface area contributed by atoms with Gasteiger partial charge in [0.2, 0.25) is 11.1 Å². The summed E-state index contributed by atoms with van der Waals surface area (Å²) in [6.45, 7) is 0.548. The summed E-state index contributed by atoms with van der Waals surface area (Å²) in [6, 6.07) is 15.4. The van der Waals surface area contributed by atoms with Gasteiger partial charge >= 0.3 is 0 Å². The summed E-state index contributed by atoms with van der Waals surface area (Å²) >= 11 is 4.82. The highest BCUT2D eigenvalue weighted by molar-refractivity contribution is 9.10. The van der Waals surface area contributed by atoms with E-state index in [1.807, 2.05) is 48.5 Å². The van der Waals surface area contributed by atoms with Gasteiger partial charge in [-0.3, -0.25) is 9.89 Å². The van der Waals surface area contributed by atoms with Crippen molar-refractivity contribution < 1.29 is 9.53 Å². The number of ether oxygens (including phenoxy) is 1. The Labute approximate surface area is 170 Å². The molecule has 0 saturated heterocycles. The minimum absolute atomic E-state index is 0.0200. The van der Waals surface area contributed by atoms with Crippen LogP contribution < -0.4 is 4.74 Å². The normalized spacial score (nSPS) is 10.6. The molecule has 27 heavy (non-hydrogen) atoms. The second-order valence-corrected chi connectivity index (χ2v) is 7.62. The molecule has 0 aliphatic rings. The van der Waals surface area contributed by atoms with Crippen LogP contribution in [0.25, 0.3) is 11.4 Å². The third-order valence-corrected chi connectivity index (χ3v) is 5.55. The van der Waals surface area contributed by atoms with Crippen molar-refractivity contribution in [1.82, 2.24) is 20.1 Å². The first kappa shape index (κ1) is 19.4. The molecule has 0 bridgehead atoms. The topological polar surface area (TPSA) is 71.1 Å². The van der Waals surface area contributed by atoms with Crippen LogP contribution >= 0.6 is 27.7 Å². The van der Waals surface area contributed by atoms with Crippen LogP contribution in [-0.2, 0) is 11.3 Å². The maximum absolute atomic E-state index is 12.4. The summed E-state index contributed by atoms with van der Waals surface area (Å²) in [6.07, 6.45) is 0. The van der Waals surface area contributed by atoms with Gasteiger partial charge in [0.15, 0.2) is 5.82 Å². The number of methoxy groups -OCH3 is 1. The number of carbonyl (C=O) groups excluding carboxylic acids is 1. The minimum Gasteiger partial charge on any atom is -0.497 e. The molecule has 1 aromatic heterocycles. The predicted octanol–water partition coefficient (Wildman–Crippen LogP) is 3.99. The molecule has 8 heteroatoms. The van der Waals surface area contributed by atoms with Crippen molar-refractivity contribution >= 4 is 33.6 Å². The highest BCUT2D eigenvalue weighted by Gasteiger charge is 2.13. The van der Waals surface area contributed by atoms with Crippen molar-refractivity contribution in [3.8, 4) is 17.1 Å². The summed E-state index contributed by atoms with van der Waals surface area (Å²) in [5, 5.41) is 7.63. The van der Waals surface area contributed by atoms with E-state index in [9.17, 15) is 4.79 Å². The van der Waals surface area contributed by atoms with Crippen LogP contribution in [0.1, 0.15) is 5.56 Å². The molecule has 0 aliphatic heterocycles. The van der Waals surface area contributed by atoms with Gasteiger partial charge in [-0.1, -0.05) is 45.9 Å². The van der Waals surface area contributed by atoms with Gasteiger partial charge in [0, 0.05) is 23.6 Å². The van der Waals surface area contributed by atoms with Crippen LogP contribution in [0, 0.1) is 0 Å². The molecule has 140 valence electrons. The van der Waals surface area contributed by atoms with Crippen LogP contribution in [0.3, 0.4) is 0 Å². The van der Waals surface area contributed by atoms with Crippen LogP contribution in [-0.4, -0.2) is 45.9 Å². The molecule has 6 nitrogen and oxygen atoms in total. The summed E-state index contributed by atoms with van der Waals surface area (Å²) in [5.41, 5.74) is 1.98. The molecule has 0 unspecified atom stereocenters. The van der Waals surface area contributed by atoms with Crippen molar-refractivity contribution in [2.24, 2.45) is 0 Å². The minimum atomic E-state index is 0.0200. The molecule has 1 heterocycles. The Bertz CT molecular complexity index is 914. The Morgan fingerprint density at radius 2 is 1.96 bits per heavy atom. The number of nitrogens with one attached hydrogen (secondary N) is 1. The molecule has 0 saturated carbocycles. The zero-order valence-electron chi connectivity index (χ0n) is 15.0. The quantitative estimate of drug-likeness (QED) is 0.555. The van der Waals surface area contributed by atoms with Gasteiger partial charge in [-0.2, -0.15) is 0 Å². The number of H-pyrrole nitrogens is 1. The zero-order chi connectivity index (χ0) is 19.2. The number of carbonyl (C=O) groups is 1. The van der Waals surface area contributed by atoms with Gasteiger partial charge < -0.3 is 9.64 Å². The number of hydrogen-bond acceptors (Lipinski definition) is 5. The number of benzene rings is 2. The summed E-state index contributed by atoms with van der Waals surface area (Å²) in [4.78, 5) is 18.5. The van der Waals surface area contributed by atoms with Gasteiger partial charge in [-0.25, -0.2) is 4.98 Å². The molecule has 3 rings (SSSR count). The van der Waals surface area contributed by atoms with Crippen molar-refractivity contribution in [3.05, 3.63) is 58.6 Å². The highest BCUT2D eigenvalue weighted by Crippen LogP contribution is 2.22. The lowest BCUT2D eigenvalue weighted by atomic mass is 10.2. The predicted molar refractivity (Wildman–Crippen MR) is 110 cm³/mol. The molecular weight excluding hydrogens is 428 g/mol. The molecule has 3 aromatic rings. The fraction of sp³-hybridized carbons (Fsp3) is 0.211. The first-order chi connectivity index (χ1) is 13.1. The van der Waals surface area contributed by atoms with Gasteiger partial charge in [-0.05, 0) is 35.9 Å². The second-order valence-electron chi connectivity index (χ2n) is 5.82. The number of thioether (sulfide) groups is 1. The van der Waals surface area contributed by atoms with E-state index in [1.54, 1.807) is 19.1 Å². The van der Waals surface area contributed by atoms with Crippen molar-refractivity contribution in [2.75, 3.05) is 19.9 Å². The standard InChI is InChI=1S/C19H19BrN4O2S/c1-24(11-14-5-3-4-6-16(14)20)17(25)12-27-19-21-18(22-23-19)13-7-9-15(26-2)10-8-13/h3-10H,11-12H2,1-2H3,(H,21,22,23). The first-order valence-corrected chi connectivity index (χ1v) is 10.0. The van der Waals surface area contributed by atoms with E-state index in [0.29, 0.717) is 17.5 Å². The van der Waals surface area contributed by atoms with Crippen LogP contribution in [0.2, 0.25) is 0 Å². The monoisotopic (exact) mass is 446 g/mol. The number of hydrogen-bond donors (Lipinski definition) is 1. The fourth-order valence-corrected chi connectivity index (χ4v) is 3.54. The van der Waals surface area contributed by atoms with Gasteiger partial charge in [-0.15, -0.1) is 5.10 Å². The lowest BCUT2D eigenvalue weighted by Gasteiger charge is -2.17. The average Bonchev–Trinajstić information content (AvgIpc) is 3.17. The Morgan fingerprint density at radius 1 is 1.22 bits per heavy atom. The number of aromatic nitrogens is 3. The Morgan fingerprint density at radius 3 is 2.67 bits per heavy atom. The number of halogens is 1. The smallest absolute Gasteiger partial charge is 0.233 e. The van der Waals surface area contributed by atoms with E-state index >= 15 is 0 Å². The van der Waals surface area contributed by atoms with Crippen LogP contribution in [0.4, 0.5) is 0 Å². The number of rotatable bonds is 7. The maximum atomic E-state index is 12.4. The molecule has 0 atom stereocenters. The summed E-state index contributed by atoms with van der Waals surface area (Å²) in [5.74, 6) is 1.74. The van der Waals surface area contributed by atoms with Crippen LogP contribution in [0.15, 0.2) is 58.2 Å². The van der Waals surface area contributed by atoms with E-state index in [1.165, 1.54) is 11.8 Å². The number of nitrogens with zero attached hydrogens (tertiary/aromatic N) is 3. The van der Waals surface area contributed by atoms with Crippen molar-refractivity contribution in [3.63, 3.8) is 0 Å². The van der Waals surface area contributed by atoms with E-state index in [0.717, 1.165) is 21.3 Å². The van der Waals surface area contributed by atoms with E-state index in [-0.39, 0.29) is 11.7 Å². The number of aromatic amines is 1. The van der Waals surface area contributed by atoms with Gasteiger partial charge in [0.25, 0.3) is 0 Å². The van der Waals surface area contributed by atoms with Crippen LogP contribution in [0.5, 0.6) is 5.75 Å². The lowest BCUT2D eigenvalue weighted by Crippen LogP contribution is -2.27. The van der Waals surface area contributed by atoms with Gasteiger partial charge in [0.1, 0.15) is 5.75 Å². The molecule has 1 N–H and O–H groups in total. The lowest BCUT2D eigenvalue weighted by molar-refractivity contribution is -0.127. The zero-order valence-corrected chi connectivity index (χ0v) is 17.4. The molecular formula is C19H19BrN4O2S. The van der Waals surface area contributed by atoms with Crippen molar-refractivity contribution in [2.45, 2.75) is 11.7 Å². The molecule has 0 spiro atoms. The third-order valence-electron chi connectivity index (χ3n) is 3.94. The fourth-order valence-electron chi connectivity index (χ4n) is 2.40. The number of amides is 1. The Hall–Kier alpha value is -2.32. The molecule has 0 fully saturated rings. The molecule has 2 aromatic carbocycles. The molecule has 0 aliphatic carbocycles. The summed E-state index contributed by atoms with van der Waals surface area (Å²) < 4.78 is 6.15. The third kappa shape index (κ3) is 5.11. The van der Waals surface area contributed by atoms with E-state index < -0.39 is 0 Å². The Balaban J connectivity index is 1.56. The second kappa shape index (κ2) is 9.05.